The van der Waals surface area contributed by atoms with Crippen molar-refractivity contribution < 1.29 is 9.59 Å². The Hall–Kier alpha value is -1.14. The molecule has 0 saturated carbocycles. The Morgan fingerprint density at radius 3 is 2.50 bits per heavy atom. The van der Waals surface area contributed by atoms with Crippen molar-refractivity contribution >= 4 is 11.8 Å². The van der Waals surface area contributed by atoms with Gasteiger partial charge in [0.05, 0.1) is 6.54 Å². The molecule has 0 aromatic heterocycles. The SMILES string of the molecule is CCCNC(=O)CN(C)CCCCCC(=O)NN. The number of unbranched alkanes of at least 4 members (excludes halogenated alkanes) is 2. The first kappa shape index (κ1) is 16.9. The van der Waals surface area contributed by atoms with Crippen LogP contribution in [0.15, 0.2) is 0 Å². The van der Waals surface area contributed by atoms with E-state index in [9.17, 15) is 9.59 Å². The van der Waals surface area contributed by atoms with Crippen molar-refractivity contribution in [3.8, 4) is 0 Å². The van der Waals surface area contributed by atoms with Crippen LogP contribution in [0.4, 0.5) is 0 Å². The third-order valence-electron chi connectivity index (χ3n) is 2.59. The van der Waals surface area contributed by atoms with Gasteiger partial charge < -0.3 is 5.32 Å². The molecule has 0 spiro atoms. The summed E-state index contributed by atoms with van der Waals surface area (Å²) in [6.07, 6.45) is 4.21. The monoisotopic (exact) mass is 258 g/mol. The molecule has 0 aromatic carbocycles. The van der Waals surface area contributed by atoms with E-state index in [0.717, 1.165) is 38.8 Å². The summed E-state index contributed by atoms with van der Waals surface area (Å²) in [6, 6.07) is 0. The highest BCUT2D eigenvalue weighted by atomic mass is 16.2. The molecular formula is C12H26N4O2. The fourth-order valence-corrected chi connectivity index (χ4v) is 1.56. The Bertz CT molecular complexity index is 246. The molecule has 6 nitrogen and oxygen atoms in total. The number of hydrazine groups is 1. The number of nitrogens with one attached hydrogen (secondary N) is 2. The smallest absolute Gasteiger partial charge is 0.234 e. The molecule has 0 rings (SSSR count). The number of nitrogens with two attached hydrogens (primary N) is 1. The van der Waals surface area contributed by atoms with Crippen molar-refractivity contribution in [1.82, 2.24) is 15.6 Å². The molecule has 0 aromatic rings. The van der Waals surface area contributed by atoms with Crippen molar-refractivity contribution in [2.45, 2.75) is 39.0 Å². The highest BCUT2D eigenvalue weighted by Gasteiger charge is 2.05. The van der Waals surface area contributed by atoms with Gasteiger partial charge in [0.15, 0.2) is 0 Å². The Kier molecular flexibility index (Phi) is 10.3. The van der Waals surface area contributed by atoms with Gasteiger partial charge in [-0.3, -0.25) is 19.9 Å². The van der Waals surface area contributed by atoms with Crippen molar-refractivity contribution in [2.24, 2.45) is 5.84 Å². The molecule has 0 heterocycles. The topological polar surface area (TPSA) is 87.5 Å². The lowest BCUT2D eigenvalue weighted by molar-refractivity contribution is -0.122. The van der Waals surface area contributed by atoms with Crippen LogP contribution in [0.2, 0.25) is 0 Å². The highest BCUT2D eigenvalue weighted by Crippen LogP contribution is 2.00. The third kappa shape index (κ3) is 10.0. The first-order valence-electron chi connectivity index (χ1n) is 6.54. The standard InChI is InChI=1S/C12H26N4O2/c1-3-8-14-12(18)10-16(2)9-6-4-5-7-11(17)15-13/h3-10,13H2,1-2H3,(H,14,18)(H,15,17). The fraction of sp³-hybridized carbons (Fsp3) is 0.833. The summed E-state index contributed by atoms with van der Waals surface area (Å²) in [7, 11) is 1.93. The van der Waals surface area contributed by atoms with E-state index < -0.39 is 0 Å². The maximum Gasteiger partial charge on any atom is 0.234 e. The van der Waals surface area contributed by atoms with Crippen LogP contribution in [0.5, 0.6) is 0 Å². The summed E-state index contributed by atoms with van der Waals surface area (Å²) < 4.78 is 0. The van der Waals surface area contributed by atoms with Crippen LogP contribution in [0, 0.1) is 0 Å². The lowest BCUT2D eigenvalue weighted by Gasteiger charge is -2.15. The van der Waals surface area contributed by atoms with E-state index in [1.807, 2.05) is 18.9 Å². The van der Waals surface area contributed by atoms with Crippen LogP contribution in [0.25, 0.3) is 0 Å². The van der Waals surface area contributed by atoms with Crippen LogP contribution >= 0.6 is 0 Å². The quantitative estimate of drug-likeness (QED) is 0.223. The Morgan fingerprint density at radius 1 is 1.17 bits per heavy atom. The fourth-order valence-electron chi connectivity index (χ4n) is 1.56. The number of amides is 2. The summed E-state index contributed by atoms with van der Waals surface area (Å²) >= 11 is 0. The lowest BCUT2D eigenvalue weighted by Crippen LogP contribution is -2.35. The van der Waals surface area contributed by atoms with E-state index in [2.05, 4.69) is 10.7 Å². The maximum atomic E-state index is 11.4. The molecule has 0 aliphatic rings. The molecule has 0 bridgehead atoms. The summed E-state index contributed by atoms with van der Waals surface area (Å²) in [5, 5.41) is 2.84. The van der Waals surface area contributed by atoms with E-state index in [1.165, 1.54) is 0 Å². The number of hydrogen-bond donors (Lipinski definition) is 3. The minimum absolute atomic E-state index is 0.0712. The second-order valence-corrected chi connectivity index (χ2v) is 4.47. The van der Waals surface area contributed by atoms with Gasteiger partial charge in [-0.25, -0.2) is 5.84 Å². The Labute approximate surface area is 109 Å². The van der Waals surface area contributed by atoms with Crippen LogP contribution in [-0.2, 0) is 9.59 Å². The van der Waals surface area contributed by atoms with Crippen LogP contribution in [0.1, 0.15) is 39.0 Å². The summed E-state index contributed by atoms with van der Waals surface area (Å²) in [4.78, 5) is 24.3. The van der Waals surface area contributed by atoms with Gasteiger partial charge in [0.1, 0.15) is 0 Å². The molecule has 106 valence electrons. The minimum Gasteiger partial charge on any atom is -0.355 e. The zero-order valence-electron chi connectivity index (χ0n) is 11.5. The maximum absolute atomic E-state index is 11.4. The van der Waals surface area contributed by atoms with Gasteiger partial charge in [-0.2, -0.15) is 0 Å². The molecule has 0 saturated heterocycles. The van der Waals surface area contributed by atoms with Gasteiger partial charge in [-0.15, -0.1) is 0 Å². The van der Waals surface area contributed by atoms with Crippen molar-refractivity contribution in [2.75, 3.05) is 26.7 Å². The van der Waals surface area contributed by atoms with E-state index in [-0.39, 0.29) is 11.8 Å². The van der Waals surface area contributed by atoms with Gasteiger partial charge in [0, 0.05) is 13.0 Å². The molecule has 6 heteroatoms. The lowest BCUT2D eigenvalue weighted by atomic mass is 10.2. The molecule has 4 N–H and O–H groups in total. The van der Waals surface area contributed by atoms with Crippen molar-refractivity contribution in [3.05, 3.63) is 0 Å². The molecule has 0 radical (unpaired) electrons. The number of rotatable bonds is 10. The van der Waals surface area contributed by atoms with Crippen LogP contribution < -0.4 is 16.6 Å². The largest absolute Gasteiger partial charge is 0.355 e. The second-order valence-electron chi connectivity index (χ2n) is 4.47. The number of nitrogens with zero attached hydrogens (tertiary/aromatic N) is 1. The zero-order valence-corrected chi connectivity index (χ0v) is 11.5. The van der Waals surface area contributed by atoms with Gasteiger partial charge in [-0.05, 0) is 32.9 Å². The highest BCUT2D eigenvalue weighted by molar-refractivity contribution is 5.77. The minimum atomic E-state index is -0.123. The molecule has 2 amide bonds. The number of hydrogen-bond acceptors (Lipinski definition) is 4. The summed E-state index contributed by atoms with van der Waals surface area (Å²) in [6.45, 7) is 4.06. The average molecular weight is 258 g/mol. The van der Waals surface area contributed by atoms with E-state index >= 15 is 0 Å². The van der Waals surface area contributed by atoms with Gasteiger partial charge in [-0.1, -0.05) is 13.3 Å². The first-order chi connectivity index (χ1) is 8.60. The Balaban J connectivity index is 3.44. The Morgan fingerprint density at radius 2 is 1.89 bits per heavy atom. The van der Waals surface area contributed by atoms with Crippen molar-refractivity contribution in [3.63, 3.8) is 0 Å². The van der Waals surface area contributed by atoms with Crippen LogP contribution in [0.3, 0.4) is 0 Å². The van der Waals surface area contributed by atoms with Crippen LogP contribution in [-0.4, -0.2) is 43.4 Å². The summed E-state index contributed by atoms with van der Waals surface area (Å²) in [5.74, 6) is 4.93. The zero-order chi connectivity index (χ0) is 13.8. The number of carbonyl (C=O) groups is 2. The van der Waals surface area contributed by atoms with E-state index in [1.54, 1.807) is 0 Å². The molecule has 0 aliphatic heterocycles. The predicted octanol–water partition coefficient (Wildman–Crippen LogP) is -0.00530. The average Bonchev–Trinajstić information content (AvgIpc) is 2.35. The van der Waals surface area contributed by atoms with Gasteiger partial charge >= 0.3 is 0 Å². The van der Waals surface area contributed by atoms with E-state index in [4.69, 9.17) is 5.84 Å². The first-order valence-corrected chi connectivity index (χ1v) is 6.54. The van der Waals surface area contributed by atoms with Gasteiger partial charge in [0.25, 0.3) is 0 Å². The number of likely N-dealkylation sites (N-methyl/N-ethyl adjacent to an activating group) is 1. The van der Waals surface area contributed by atoms with Gasteiger partial charge in [0.2, 0.25) is 11.8 Å². The molecule has 0 unspecified atom stereocenters. The normalized spacial score (nSPS) is 10.4. The third-order valence-corrected chi connectivity index (χ3v) is 2.59. The summed E-state index contributed by atoms with van der Waals surface area (Å²) in [5.41, 5.74) is 2.11. The number of carbonyl (C=O) groups excluding carboxylic acids is 2. The van der Waals surface area contributed by atoms with Crippen molar-refractivity contribution in [1.29, 1.82) is 0 Å². The molecule has 18 heavy (non-hydrogen) atoms. The molecule has 0 atom stereocenters. The predicted molar refractivity (Wildman–Crippen MR) is 71.6 cm³/mol. The molecular weight excluding hydrogens is 232 g/mol. The molecule has 0 fully saturated rings. The second kappa shape index (κ2) is 11.0. The van der Waals surface area contributed by atoms with E-state index in [0.29, 0.717) is 13.0 Å². The molecule has 0 aliphatic carbocycles.